The van der Waals surface area contributed by atoms with Gasteiger partial charge in [-0.15, -0.1) is 0 Å². The quantitative estimate of drug-likeness (QED) is 0.853. The van der Waals surface area contributed by atoms with Crippen molar-refractivity contribution in [1.29, 1.82) is 0 Å². The molecule has 2 unspecified atom stereocenters. The molecule has 1 aliphatic heterocycles. The lowest BCUT2D eigenvalue weighted by Gasteiger charge is -2.46. The number of hydrogen-bond acceptors (Lipinski definition) is 2. The van der Waals surface area contributed by atoms with Crippen LogP contribution in [0.1, 0.15) is 41.0 Å². The molecule has 1 N–H and O–H groups in total. The number of halogens is 3. The molecule has 1 rings (SSSR count). The molecule has 1 heterocycles. The van der Waals surface area contributed by atoms with Gasteiger partial charge in [-0.1, -0.05) is 34.6 Å². The Morgan fingerprint density at radius 1 is 1.21 bits per heavy atom. The zero-order valence-electron chi connectivity index (χ0n) is 12.6. The highest BCUT2D eigenvalue weighted by molar-refractivity contribution is 4.93. The maximum absolute atomic E-state index is 12.4. The van der Waals surface area contributed by atoms with Crippen molar-refractivity contribution in [1.82, 2.24) is 10.2 Å². The van der Waals surface area contributed by atoms with Crippen LogP contribution in [0.4, 0.5) is 13.2 Å². The SMILES string of the molecule is CC(C)C1CNC(C(C)(C)C)CN1CCC(F)(F)F. The van der Waals surface area contributed by atoms with Gasteiger partial charge in [-0.3, -0.25) is 4.90 Å². The number of nitrogens with zero attached hydrogens (tertiary/aromatic N) is 1. The summed E-state index contributed by atoms with van der Waals surface area (Å²) in [5.74, 6) is 0.363. The lowest BCUT2D eigenvalue weighted by atomic mass is 9.83. The molecule has 5 heteroatoms. The average Bonchev–Trinajstić information content (AvgIpc) is 2.23. The first-order valence-corrected chi connectivity index (χ1v) is 7.05. The summed E-state index contributed by atoms with van der Waals surface area (Å²) in [6, 6.07) is 0.441. The van der Waals surface area contributed by atoms with E-state index in [1.54, 1.807) is 0 Å². The van der Waals surface area contributed by atoms with E-state index in [0.717, 1.165) is 6.54 Å². The molecule has 1 saturated heterocycles. The monoisotopic (exact) mass is 280 g/mol. The van der Waals surface area contributed by atoms with E-state index < -0.39 is 12.6 Å². The molecule has 1 aliphatic rings. The van der Waals surface area contributed by atoms with Crippen LogP contribution in [-0.4, -0.2) is 42.8 Å². The van der Waals surface area contributed by atoms with Gasteiger partial charge in [0.05, 0.1) is 6.42 Å². The van der Waals surface area contributed by atoms with Crippen LogP contribution in [0.15, 0.2) is 0 Å². The van der Waals surface area contributed by atoms with Gasteiger partial charge in [0.25, 0.3) is 0 Å². The maximum Gasteiger partial charge on any atom is 0.390 e. The van der Waals surface area contributed by atoms with Crippen molar-refractivity contribution in [3.8, 4) is 0 Å². The van der Waals surface area contributed by atoms with Gasteiger partial charge in [0.1, 0.15) is 0 Å². The third-order valence-corrected chi connectivity index (χ3v) is 3.96. The Morgan fingerprint density at radius 3 is 2.21 bits per heavy atom. The molecule has 2 nitrogen and oxygen atoms in total. The van der Waals surface area contributed by atoms with E-state index in [2.05, 4.69) is 39.9 Å². The van der Waals surface area contributed by atoms with Crippen LogP contribution in [0.5, 0.6) is 0 Å². The Kier molecular flexibility index (Phi) is 5.29. The largest absolute Gasteiger partial charge is 0.390 e. The highest BCUT2D eigenvalue weighted by Gasteiger charge is 2.37. The average molecular weight is 280 g/mol. The van der Waals surface area contributed by atoms with Crippen molar-refractivity contribution in [2.45, 2.75) is 59.3 Å². The molecule has 0 aromatic rings. The minimum atomic E-state index is -4.07. The van der Waals surface area contributed by atoms with Crippen LogP contribution in [0.25, 0.3) is 0 Å². The second kappa shape index (κ2) is 6.00. The van der Waals surface area contributed by atoms with Gasteiger partial charge in [-0.05, 0) is 11.3 Å². The summed E-state index contributed by atoms with van der Waals surface area (Å²) in [5.41, 5.74) is 0.0679. The van der Waals surface area contributed by atoms with E-state index >= 15 is 0 Å². The molecule has 0 spiro atoms. The Hall–Kier alpha value is -0.290. The summed E-state index contributed by atoms with van der Waals surface area (Å²) in [5, 5.41) is 3.49. The molecule has 0 bridgehead atoms. The fraction of sp³-hybridized carbons (Fsp3) is 1.00. The lowest BCUT2D eigenvalue weighted by molar-refractivity contribution is -0.141. The highest BCUT2D eigenvalue weighted by Crippen LogP contribution is 2.27. The minimum Gasteiger partial charge on any atom is -0.311 e. The van der Waals surface area contributed by atoms with Crippen molar-refractivity contribution in [3.63, 3.8) is 0 Å². The summed E-state index contributed by atoms with van der Waals surface area (Å²) in [6.07, 6.45) is -4.78. The van der Waals surface area contributed by atoms with E-state index in [0.29, 0.717) is 12.5 Å². The number of alkyl halides is 3. The molecule has 0 amide bonds. The van der Waals surface area contributed by atoms with Gasteiger partial charge in [0.2, 0.25) is 0 Å². The zero-order valence-corrected chi connectivity index (χ0v) is 12.6. The second-order valence-electron chi connectivity index (χ2n) is 7.00. The Bertz CT molecular complexity index is 281. The fourth-order valence-electron chi connectivity index (χ4n) is 2.59. The van der Waals surface area contributed by atoms with Gasteiger partial charge in [0.15, 0.2) is 0 Å². The Labute approximate surface area is 114 Å². The Balaban J connectivity index is 2.68. The molecule has 0 saturated carbocycles. The molecule has 0 radical (unpaired) electrons. The van der Waals surface area contributed by atoms with Crippen LogP contribution in [-0.2, 0) is 0 Å². The zero-order chi connectivity index (χ0) is 14.8. The molecule has 0 aliphatic carbocycles. The topological polar surface area (TPSA) is 15.3 Å². The van der Waals surface area contributed by atoms with Crippen molar-refractivity contribution >= 4 is 0 Å². The van der Waals surface area contributed by atoms with Gasteiger partial charge in [0, 0.05) is 31.7 Å². The molecule has 19 heavy (non-hydrogen) atoms. The summed E-state index contributed by atoms with van der Waals surface area (Å²) < 4.78 is 37.3. The van der Waals surface area contributed by atoms with E-state index in [9.17, 15) is 13.2 Å². The number of hydrogen-bond donors (Lipinski definition) is 1. The van der Waals surface area contributed by atoms with Gasteiger partial charge in [-0.25, -0.2) is 0 Å². The first-order chi connectivity index (χ1) is 8.50. The number of piperazine rings is 1. The Morgan fingerprint density at radius 2 is 1.79 bits per heavy atom. The highest BCUT2D eigenvalue weighted by atomic mass is 19.4. The molecular formula is C14H27F3N2. The van der Waals surface area contributed by atoms with Crippen LogP contribution >= 0.6 is 0 Å². The first-order valence-electron chi connectivity index (χ1n) is 7.05. The van der Waals surface area contributed by atoms with Crippen molar-refractivity contribution < 1.29 is 13.2 Å². The summed E-state index contributed by atoms with van der Waals surface area (Å²) in [4.78, 5) is 2.02. The molecule has 114 valence electrons. The normalized spacial score (nSPS) is 27.0. The van der Waals surface area contributed by atoms with Crippen molar-refractivity contribution in [3.05, 3.63) is 0 Å². The first kappa shape index (κ1) is 16.8. The van der Waals surface area contributed by atoms with Crippen molar-refractivity contribution in [2.75, 3.05) is 19.6 Å². The van der Waals surface area contributed by atoms with Crippen LogP contribution in [0.2, 0.25) is 0 Å². The number of rotatable bonds is 3. The standard InChI is InChI=1S/C14H27F3N2/c1-10(2)11-8-18-12(13(3,4)5)9-19(11)7-6-14(15,16)17/h10-12,18H,6-9H2,1-5H3. The van der Waals surface area contributed by atoms with Crippen molar-refractivity contribution in [2.24, 2.45) is 11.3 Å². The lowest BCUT2D eigenvalue weighted by Crippen LogP contribution is -2.61. The predicted octanol–water partition coefficient (Wildman–Crippen LogP) is 3.28. The summed E-state index contributed by atoms with van der Waals surface area (Å²) >= 11 is 0. The smallest absolute Gasteiger partial charge is 0.311 e. The molecule has 0 aromatic heterocycles. The van der Waals surface area contributed by atoms with Gasteiger partial charge < -0.3 is 5.32 Å². The summed E-state index contributed by atoms with van der Waals surface area (Å²) in [7, 11) is 0. The van der Waals surface area contributed by atoms with Gasteiger partial charge in [-0.2, -0.15) is 13.2 Å². The number of nitrogens with one attached hydrogen (secondary N) is 1. The van der Waals surface area contributed by atoms with Crippen LogP contribution in [0.3, 0.4) is 0 Å². The van der Waals surface area contributed by atoms with Crippen LogP contribution in [0, 0.1) is 11.3 Å². The van der Waals surface area contributed by atoms with Crippen LogP contribution < -0.4 is 5.32 Å². The second-order valence-corrected chi connectivity index (χ2v) is 7.00. The third-order valence-electron chi connectivity index (χ3n) is 3.96. The summed E-state index contributed by atoms with van der Waals surface area (Å²) in [6.45, 7) is 12.1. The third kappa shape index (κ3) is 5.30. The minimum absolute atomic E-state index is 0.0679. The molecule has 1 fully saturated rings. The van der Waals surface area contributed by atoms with E-state index in [1.807, 2.05) is 4.90 Å². The van der Waals surface area contributed by atoms with E-state index in [4.69, 9.17) is 0 Å². The van der Waals surface area contributed by atoms with E-state index in [-0.39, 0.29) is 24.0 Å². The molecule has 2 atom stereocenters. The van der Waals surface area contributed by atoms with Gasteiger partial charge >= 0.3 is 6.18 Å². The molecular weight excluding hydrogens is 253 g/mol. The van der Waals surface area contributed by atoms with E-state index in [1.165, 1.54) is 0 Å². The predicted molar refractivity (Wildman–Crippen MR) is 72.1 cm³/mol. The maximum atomic E-state index is 12.4. The molecule has 0 aromatic carbocycles. The fourth-order valence-corrected chi connectivity index (χ4v) is 2.59.